The van der Waals surface area contributed by atoms with Gasteiger partial charge in [0.05, 0.1) is 6.10 Å². The summed E-state index contributed by atoms with van der Waals surface area (Å²) in [5, 5.41) is 13.0. The second kappa shape index (κ2) is 5.72. The molecule has 1 saturated heterocycles. The Bertz CT molecular complexity index is 403. The van der Waals surface area contributed by atoms with E-state index in [0.717, 1.165) is 26.1 Å². The maximum atomic E-state index is 9.60. The van der Waals surface area contributed by atoms with Crippen molar-refractivity contribution in [3.8, 4) is 0 Å². The van der Waals surface area contributed by atoms with Gasteiger partial charge in [-0.2, -0.15) is 0 Å². The fourth-order valence-corrected chi connectivity index (χ4v) is 2.46. The lowest BCUT2D eigenvalue weighted by molar-refractivity contribution is 0.198. The van der Waals surface area contributed by atoms with Crippen LogP contribution in [0.4, 0.5) is 5.69 Å². The molecule has 0 bridgehead atoms. The van der Waals surface area contributed by atoms with E-state index in [0.29, 0.717) is 6.04 Å². The molecule has 0 spiro atoms. The number of aliphatic hydroxyl groups is 1. The summed E-state index contributed by atoms with van der Waals surface area (Å²) in [6, 6.07) is 7.13. The second-order valence-electron chi connectivity index (χ2n) is 5.54. The predicted octanol–water partition coefficient (Wildman–Crippen LogP) is 2.06. The Morgan fingerprint density at radius 2 is 2.22 bits per heavy atom. The number of β-amino-alcohol motifs (C(OH)–C–C–N with tert-alkyl or cyclic N) is 1. The molecule has 3 nitrogen and oxygen atoms in total. The van der Waals surface area contributed by atoms with Crippen LogP contribution < -0.4 is 10.2 Å². The third-order valence-electron chi connectivity index (χ3n) is 3.48. The molecule has 0 saturated carbocycles. The molecular formula is C15H24N2O. The average Bonchev–Trinajstić information content (AvgIpc) is 2.73. The van der Waals surface area contributed by atoms with E-state index in [1.165, 1.54) is 16.8 Å². The fraction of sp³-hybridized carbons (Fsp3) is 0.600. The molecule has 2 N–H and O–H groups in total. The quantitative estimate of drug-likeness (QED) is 0.856. The normalized spacial score (nSPS) is 19.8. The van der Waals surface area contributed by atoms with Crippen molar-refractivity contribution < 1.29 is 5.11 Å². The van der Waals surface area contributed by atoms with Crippen LogP contribution in [0.15, 0.2) is 18.2 Å². The molecule has 18 heavy (non-hydrogen) atoms. The van der Waals surface area contributed by atoms with Crippen LogP contribution in [0.2, 0.25) is 0 Å². The Hall–Kier alpha value is -1.06. The van der Waals surface area contributed by atoms with Crippen LogP contribution in [-0.4, -0.2) is 30.3 Å². The number of aryl methyl sites for hydroxylation is 1. The Balaban J connectivity index is 2.05. The van der Waals surface area contributed by atoms with E-state index in [2.05, 4.69) is 49.2 Å². The lowest BCUT2D eigenvalue weighted by Crippen LogP contribution is -2.23. The van der Waals surface area contributed by atoms with Crippen LogP contribution in [-0.2, 0) is 6.54 Å². The van der Waals surface area contributed by atoms with E-state index in [-0.39, 0.29) is 6.10 Å². The van der Waals surface area contributed by atoms with Crippen molar-refractivity contribution in [2.75, 3.05) is 18.0 Å². The van der Waals surface area contributed by atoms with Crippen LogP contribution in [0, 0.1) is 6.92 Å². The summed E-state index contributed by atoms with van der Waals surface area (Å²) in [4.78, 5) is 2.28. The number of nitrogens with zero attached hydrogens (tertiary/aromatic N) is 1. The third kappa shape index (κ3) is 3.24. The molecule has 1 aliphatic heterocycles. The first-order valence-electron chi connectivity index (χ1n) is 6.82. The van der Waals surface area contributed by atoms with Gasteiger partial charge in [-0.15, -0.1) is 0 Å². The first-order valence-corrected chi connectivity index (χ1v) is 6.82. The maximum absolute atomic E-state index is 9.60. The zero-order chi connectivity index (χ0) is 13.1. The second-order valence-corrected chi connectivity index (χ2v) is 5.54. The minimum atomic E-state index is -0.160. The van der Waals surface area contributed by atoms with Gasteiger partial charge < -0.3 is 15.3 Å². The number of hydrogen-bond donors (Lipinski definition) is 2. The van der Waals surface area contributed by atoms with Gasteiger partial charge in [0.25, 0.3) is 0 Å². The molecule has 100 valence electrons. The topological polar surface area (TPSA) is 35.5 Å². The summed E-state index contributed by atoms with van der Waals surface area (Å²) in [6.07, 6.45) is 0.725. The first-order chi connectivity index (χ1) is 8.56. The van der Waals surface area contributed by atoms with Crippen LogP contribution in [0.25, 0.3) is 0 Å². The molecule has 1 aliphatic rings. The van der Waals surface area contributed by atoms with Crippen molar-refractivity contribution in [3.63, 3.8) is 0 Å². The van der Waals surface area contributed by atoms with Crippen molar-refractivity contribution >= 4 is 5.69 Å². The van der Waals surface area contributed by atoms with E-state index >= 15 is 0 Å². The summed E-state index contributed by atoms with van der Waals surface area (Å²) in [6.45, 7) is 9.12. The monoisotopic (exact) mass is 248 g/mol. The molecule has 0 aromatic heterocycles. The summed E-state index contributed by atoms with van der Waals surface area (Å²) >= 11 is 0. The maximum Gasteiger partial charge on any atom is 0.0731 e. The molecule has 3 heteroatoms. The molecule has 1 unspecified atom stereocenters. The van der Waals surface area contributed by atoms with E-state index < -0.39 is 0 Å². The molecule has 0 amide bonds. The summed E-state index contributed by atoms with van der Waals surface area (Å²) in [7, 11) is 0. The fourth-order valence-electron chi connectivity index (χ4n) is 2.46. The van der Waals surface area contributed by atoms with E-state index in [1.807, 2.05) is 0 Å². The Kier molecular flexibility index (Phi) is 4.25. The molecule has 0 aliphatic carbocycles. The third-order valence-corrected chi connectivity index (χ3v) is 3.48. The zero-order valence-electron chi connectivity index (χ0n) is 11.6. The Labute approximate surface area is 110 Å². The minimum Gasteiger partial charge on any atom is -0.391 e. The predicted molar refractivity (Wildman–Crippen MR) is 76.0 cm³/mol. The molecular weight excluding hydrogens is 224 g/mol. The van der Waals surface area contributed by atoms with Gasteiger partial charge in [0, 0.05) is 31.4 Å². The first kappa shape index (κ1) is 13.4. The lowest BCUT2D eigenvalue weighted by atomic mass is 10.1. The summed E-state index contributed by atoms with van der Waals surface area (Å²) in [5.74, 6) is 0. The van der Waals surface area contributed by atoms with Crippen molar-refractivity contribution in [3.05, 3.63) is 29.3 Å². The average molecular weight is 248 g/mol. The number of rotatable bonds is 4. The highest BCUT2D eigenvalue weighted by Crippen LogP contribution is 2.25. The Morgan fingerprint density at radius 1 is 1.44 bits per heavy atom. The van der Waals surface area contributed by atoms with Crippen molar-refractivity contribution in [1.29, 1.82) is 0 Å². The highest BCUT2D eigenvalue weighted by molar-refractivity contribution is 5.55. The van der Waals surface area contributed by atoms with Gasteiger partial charge in [-0.05, 0) is 30.5 Å². The van der Waals surface area contributed by atoms with Gasteiger partial charge in [-0.25, -0.2) is 0 Å². The van der Waals surface area contributed by atoms with E-state index in [1.54, 1.807) is 0 Å². The van der Waals surface area contributed by atoms with Crippen LogP contribution in [0.3, 0.4) is 0 Å². The molecule has 1 aromatic rings. The standard InChI is InChI=1S/C15H24N2O/c1-11(2)16-9-13-4-5-15(12(3)8-13)17-7-6-14(18)10-17/h4-5,8,11,14,16,18H,6-7,9-10H2,1-3H3. The van der Waals surface area contributed by atoms with Gasteiger partial charge in [-0.1, -0.05) is 26.0 Å². The molecule has 1 heterocycles. The van der Waals surface area contributed by atoms with Crippen molar-refractivity contribution in [2.45, 2.75) is 45.9 Å². The van der Waals surface area contributed by atoms with Gasteiger partial charge in [0.1, 0.15) is 0 Å². The van der Waals surface area contributed by atoms with E-state index in [4.69, 9.17) is 0 Å². The highest BCUT2D eigenvalue weighted by Gasteiger charge is 2.21. The molecule has 1 atom stereocenters. The SMILES string of the molecule is Cc1cc(CNC(C)C)ccc1N1CCC(O)C1. The minimum absolute atomic E-state index is 0.160. The smallest absolute Gasteiger partial charge is 0.0731 e. The van der Waals surface area contributed by atoms with Gasteiger partial charge in [0.2, 0.25) is 0 Å². The van der Waals surface area contributed by atoms with Gasteiger partial charge >= 0.3 is 0 Å². The summed E-state index contributed by atoms with van der Waals surface area (Å²) in [5.41, 5.74) is 3.89. The number of nitrogens with one attached hydrogen (secondary N) is 1. The Morgan fingerprint density at radius 3 is 2.78 bits per heavy atom. The molecule has 2 rings (SSSR count). The zero-order valence-corrected chi connectivity index (χ0v) is 11.6. The number of anilines is 1. The van der Waals surface area contributed by atoms with Gasteiger partial charge in [0.15, 0.2) is 0 Å². The van der Waals surface area contributed by atoms with Gasteiger partial charge in [-0.3, -0.25) is 0 Å². The molecule has 0 radical (unpaired) electrons. The number of hydrogen-bond acceptors (Lipinski definition) is 3. The largest absolute Gasteiger partial charge is 0.391 e. The molecule has 1 fully saturated rings. The molecule has 1 aromatic carbocycles. The van der Waals surface area contributed by atoms with Crippen LogP contribution in [0.5, 0.6) is 0 Å². The van der Waals surface area contributed by atoms with Crippen LogP contribution in [0.1, 0.15) is 31.4 Å². The van der Waals surface area contributed by atoms with E-state index in [9.17, 15) is 5.11 Å². The summed E-state index contributed by atoms with van der Waals surface area (Å²) < 4.78 is 0. The lowest BCUT2D eigenvalue weighted by Gasteiger charge is -2.21. The number of benzene rings is 1. The van der Waals surface area contributed by atoms with Crippen molar-refractivity contribution in [2.24, 2.45) is 0 Å². The van der Waals surface area contributed by atoms with Crippen molar-refractivity contribution in [1.82, 2.24) is 5.32 Å². The van der Waals surface area contributed by atoms with Crippen LogP contribution >= 0.6 is 0 Å². The number of aliphatic hydroxyl groups excluding tert-OH is 1. The highest BCUT2D eigenvalue weighted by atomic mass is 16.3.